The summed E-state index contributed by atoms with van der Waals surface area (Å²) in [4.78, 5) is 23.5. The van der Waals surface area contributed by atoms with E-state index in [-0.39, 0.29) is 6.61 Å². The van der Waals surface area contributed by atoms with Gasteiger partial charge in [-0.15, -0.1) is 0 Å². The minimum absolute atomic E-state index is 0.00185. The van der Waals surface area contributed by atoms with Crippen molar-refractivity contribution in [3.63, 3.8) is 0 Å². The molecule has 24 heavy (non-hydrogen) atoms. The van der Waals surface area contributed by atoms with Gasteiger partial charge in [-0.1, -0.05) is 44.2 Å². The van der Waals surface area contributed by atoms with E-state index in [1.165, 1.54) is 0 Å². The second-order valence-corrected chi connectivity index (χ2v) is 5.45. The monoisotopic (exact) mass is 338 g/mol. The molecule has 0 unspecified atom stereocenters. The summed E-state index contributed by atoms with van der Waals surface area (Å²) in [6, 6.07) is 8.99. The van der Waals surface area contributed by atoms with Crippen molar-refractivity contribution in [1.82, 2.24) is 0 Å². The third-order valence-electron chi connectivity index (χ3n) is 2.40. The first-order valence-corrected chi connectivity index (χ1v) is 7.66. The average Bonchev–Trinajstić information content (AvgIpc) is 2.55. The van der Waals surface area contributed by atoms with Crippen LogP contribution in [0.3, 0.4) is 0 Å². The number of aliphatic hydroxyl groups excluding tert-OH is 1. The zero-order valence-electron chi connectivity index (χ0n) is 15.1. The van der Waals surface area contributed by atoms with Crippen LogP contribution in [0, 0.1) is 0 Å². The molecule has 0 heterocycles. The molecule has 0 aliphatic carbocycles. The predicted molar refractivity (Wildman–Crippen MR) is 90.1 cm³/mol. The molecule has 1 rings (SSSR count). The molecule has 6 heteroatoms. The van der Waals surface area contributed by atoms with Crippen LogP contribution in [0.2, 0.25) is 0 Å². The molecule has 0 atom stereocenters. The quantitative estimate of drug-likeness (QED) is 0.502. The molecular weight excluding hydrogens is 312 g/mol. The van der Waals surface area contributed by atoms with Gasteiger partial charge >= 0.3 is 11.9 Å². The highest BCUT2D eigenvalue weighted by atomic mass is 16.6. The number of benzene rings is 1. The number of methoxy groups -OCH3 is 1. The highest BCUT2D eigenvalue weighted by molar-refractivity contribution is 5.97. The van der Waals surface area contributed by atoms with Crippen LogP contribution in [0.15, 0.2) is 41.9 Å². The van der Waals surface area contributed by atoms with Crippen LogP contribution in [0.1, 0.15) is 40.2 Å². The highest BCUT2D eigenvalue weighted by Gasteiger charge is 2.27. The Morgan fingerprint density at radius 2 is 1.58 bits per heavy atom. The summed E-state index contributed by atoms with van der Waals surface area (Å²) in [5.74, 6) is -3.52. The van der Waals surface area contributed by atoms with Crippen LogP contribution in [0.25, 0.3) is 0 Å². The largest absolute Gasteiger partial charge is 0.499 e. The van der Waals surface area contributed by atoms with Crippen LogP contribution < -0.4 is 0 Å². The van der Waals surface area contributed by atoms with Crippen LogP contribution in [-0.4, -0.2) is 29.8 Å². The van der Waals surface area contributed by atoms with Gasteiger partial charge in [-0.2, -0.15) is 0 Å². The molecule has 0 saturated carbocycles. The lowest BCUT2D eigenvalue weighted by Gasteiger charge is -2.19. The summed E-state index contributed by atoms with van der Waals surface area (Å²) < 4.78 is 14.7. The van der Waals surface area contributed by atoms with E-state index >= 15 is 0 Å². The van der Waals surface area contributed by atoms with Crippen molar-refractivity contribution >= 4 is 11.9 Å². The Morgan fingerprint density at radius 3 is 2.04 bits per heavy atom. The Labute approximate surface area is 143 Å². The molecule has 134 valence electrons. The molecule has 1 aromatic carbocycles. The number of rotatable bonds is 5. The van der Waals surface area contributed by atoms with Gasteiger partial charge in [-0.05, 0) is 26.3 Å². The number of hydrogen-bond donors (Lipinski definition) is 1. The molecule has 0 radical (unpaired) electrons. The molecule has 1 N–H and O–H groups in total. The van der Waals surface area contributed by atoms with Gasteiger partial charge in [0.2, 0.25) is 0 Å². The third kappa shape index (κ3) is 7.67. The molecule has 0 bridgehead atoms. The maximum absolute atomic E-state index is 11.8. The topological polar surface area (TPSA) is 82.1 Å². The van der Waals surface area contributed by atoms with E-state index in [1.54, 1.807) is 45.0 Å². The lowest BCUT2D eigenvalue weighted by Crippen LogP contribution is -2.26. The summed E-state index contributed by atoms with van der Waals surface area (Å²) in [7, 11) is 1.12. The van der Waals surface area contributed by atoms with Gasteiger partial charge in [0, 0.05) is 0 Å². The number of carbonyl (C=O) groups excluding carboxylic acids is 2. The van der Waals surface area contributed by atoms with E-state index in [1.807, 2.05) is 19.9 Å². The van der Waals surface area contributed by atoms with Gasteiger partial charge in [-0.3, -0.25) is 0 Å². The Bertz CT molecular complexity index is 555. The van der Waals surface area contributed by atoms with E-state index in [9.17, 15) is 14.7 Å². The lowest BCUT2D eigenvalue weighted by molar-refractivity contribution is -0.155. The van der Waals surface area contributed by atoms with Crippen molar-refractivity contribution in [2.75, 3.05) is 7.11 Å². The number of aliphatic hydroxyl groups is 1. The summed E-state index contributed by atoms with van der Waals surface area (Å²) in [5.41, 5.74) is -0.0491. The Morgan fingerprint density at radius 1 is 1.04 bits per heavy atom. The number of carbonyl (C=O) groups is 2. The van der Waals surface area contributed by atoms with Crippen molar-refractivity contribution in [3.05, 3.63) is 47.4 Å². The fourth-order valence-electron chi connectivity index (χ4n) is 1.47. The highest BCUT2D eigenvalue weighted by Crippen LogP contribution is 2.15. The molecule has 1 aromatic rings. The van der Waals surface area contributed by atoms with E-state index in [0.29, 0.717) is 0 Å². The lowest BCUT2D eigenvalue weighted by atomic mass is 10.2. The SMILES string of the molecule is CC.COC(=O)/C(OCc1ccccc1)=C(\O)C(=O)OC(C)(C)C. The molecule has 0 spiro atoms. The zero-order valence-corrected chi connectivity index (χ0v) is 15.1. The first-order chi connectivity index (χ1) is 11.2. The normalized spacial score (nSPS) is 11.4. The van der Waals surface area contributed by atoms with Crippen molar-refractivity contribution in [2.45, 2.75) is 46.8 Å². The molecule has 0 saturated heterocycles. The standard InChI is InChI=1S/C16H20O6.C2H6/c1-16(2,3)22-14(18)12(17)13(15(19)20-4)21-10-11-8-6-5-7-9-11;1-2/h5-9,17H,10H2,1-4H3;1-2H3/b13-12+;. The van der Waals surface area contributed by atoms with Crippen molar-refractivity contribution in [3.8, 4) is 0 Å². The van der Waals surface area contributed by atoms with Gasteiger partial charge < -0.3 is 19.3 Å². The van der Waals surface area contributed by atoms with Gasteiger partial charge in [-0.25, -0.2) is 9.59 Å². The summed E-state index contributed by atoms with van der Waals surface area (Å²) in [6.07, 6.45) is 0. The minimum atomic E-state index is -1.05. The number of esters is 2. The summed E-state index contributed by atoms with van der Waals surface area (Å²) in [5, 5.41) is 9.90. The average molecular weight is 338 g/mol. The van der Waals surface area contributed by atoms with Crippen LogP contribution >= 0.6 is 0 Å². The van der Waals surface area contributed by atoms with E-state index in [2.05, 4.69) is 4.74 Å². The maximum atomic E-state index is 11.8. The van der Waals surface area contributed by atoms with Gasteiger partial charge in [0.1, 0.15) is 12.2 Å². The van der Waals surface area contributed by atoms with Gasteiger partial charge in [0.05, 0.1) is 7.11 Å². The van der Waals surface area contributed by atoms with Crippen molar-refractivity contribution in [2.24, 2.45) is 0 Å². The molecule has 0 fully saturated rings. The Hall–Kier alpha value is -2.50. The fraction of sp³-hybridized carbons (Fsp3) is 0.444. The zero-order chi connectivity index (χ0) is 18.8. The number of ether oxygens (including phenoxy) is 3. The van der Waals surface area contributed by atoms with Crippen molar-refractivity contribution in [1.29, 1.82) is 0 Å². The molecule has 0 aliphatic heterocycles. The van der Waals surface area contributed by atoms with Crippen LogP contribution in [-0.2, 0) is 30.4 Å². The molecule has 0 amide bonds. The van der Waals surface area contributed by atoms with E-state index < -0.39 is 29.1 Å². The van der Waals surface area contributed by atoms with Gasteiger partial charge in [0.15, 0.2) is 0 Å². The Balaban J connectivity index is 0.00000254. The fourth-order valence-corrected chi connectivity index (χ4v) is 1.47. The van der Waals surface area contributed by atoms with Crippen molar-refractivity contribution < 1.29 is 28.9 Å². The molecular formula is C18H26O6. The van der Waals surface area contributed by atoms with Crippen LogP contribution in [0.4, 0.5) is 0 Å². The smallest absolute Gasteiger partial charge is 0.378 e. The minimum Gasteiger partial charge on any atom is -0.499 e. The second-order valence-electron chi connectivity index (χ2n) is 5.45. The second kappa shape index (κ2) is 10.3. The molecule has 0 aliphatic rings. The Kier molecular flexibility index (Phi) is 9.23. The third-order valence-corrected chi connectivity index (χ3v) is 2.40. The summed E-state index contributed by atoms with van der Waals surface area (Å²) in [6.45, 7) is 8.92. The van der Waals surface area contributed by atoms with Gasteiger partial charge in [0.25, 0.3) is 11.5 Å². The first kappa shape index (κ1) is 21.5. The van der Waals surface area contributed by atoms with Crippen LogP contribution in [0.5, 0.6) is 0 Å². The first-order valence-electron chi connectivity index (χ1n) is 7.66. The predicted octanol–water partition coefficient (Wildman–Crippen LogP) is 3.51. The van der Waals surface area contributed by atoms with E-state index in [0.717, 1.165) is 12.7 Å². The molecule has 6 nitrogen and oxygen atoms in total. The maximum Gasteiger partial charge on any atom is 0.378 e. The molecule has 0 aromatic heterocycles. The number of hydrogen-bond acceptors (Lipinski definition) is 6. The summed E-state index contributed by atoms with van der Waals surface area (Å²) >= 11 is 0. The van der Waals surface area contributed by atoms with E-state index in [4.69, 9.17) is 9.47 Å².